The van der Waals surface area contributed by atoms with Crippen LogP contribution in [-0.2, 0) is 17.8 Å². The smallest absolute Gasteiger partial charge is 0.453 e. The lowest BCUT2D eigenvalue weighted by molar-refractivity contribution is -0.387. The number of nitrogens with one attached hydrogen (secondary N) is 1. The van der Waals surface area contributed by atoms with E-state index in [0.29, 0.717) is 22.8 Å². The molecular weight excluding hydrogens is 713 g/mol. The highest BCUT2D eigenvalue weighted by Crippen LogP contribution is 2.75. The van der Waals surface area contributed by atoms with E-state index in [-0.39, 0.29) is 73.8 Å². The number of piperazine rings is 1. The zero-order valence-corrected chi connectivity index (χ0v) is 28.3. The van der Waals surface area contributed by atoms with Gasteiger partial charge in [0.15, 0.2) is 28.8 Å². The van der Waals surface area contributed by atoms with Gasteiger partial charge in [0.25, 0.3) is 11.5 Å². The van der Waals surface area contributed by atoms with Gasteiger partial charge >= 0.3 is 12.1 Å². The molecule has 4 aromatic rings. The van der Waals surface area contributed by atoms with E-state index in [0.717, 1.165) is 4.52 Å². The van der Waals surface area contributed by atoms with E-state index in [2.05, 4.69) is 25.4 Å². The summed E-state index contributed by atoms with van der Waals surface area (Å²) in [5.74, 6) is -5.31. The number of carbonyl (C=O) groups excluding carboxylic acids is 2. The third-order valence-corrected chi connectivity index (χ3v) is 10.6. The van der Waals surface area contributed by atoms with Crippen LogP contribution in [0.15, 0.2) is 29.3 Å². The molecule has 1 saturated heterocycles. The van der Waals surface area contributed by atoms with Gasteiger partial charge in [0.05, 0.1) is 16.8 Å². The number of anilines is 1. The van der Waals surface area contributed by atoms with Crippen LogP contribution < -0.4 is 25.2 Å². The second-order valence-electron chi connectivity index (χ2n) is 13.9. The van der Waals surface area contributed by atoms with E-state index in [9.17, 15) is 41.4 Å². The first-order valence-electron chi connectivity index (χ1n) is 16.8. The number of aryl methyl sites for hydroxylation is 1. The molecule has 3 saturated carbocycles. The number of ether oxygens (including phenoxy) is 2. The lowest BCUT2D eigenvalue weighted by Crippen LogP contribution is -2.81. The number of amides is 2. The highest BCUT2D eigenvalue weighted by molar-refractivity contribution is 5.95. The van der Waals surface area contributed by atoms with Crippen LogP contribution >= 0.6 is 0 Å². The molecule has 9 rings (SSSR count). The number of carbonyl (C=O) groups is 2. The third-order valence-electron chi connectivity index (χ3n) is 10.6. The first-order valence-corrected chi connectivity index (χ1v) is 16.8. The first-order chi connectivity index (χ1) is 25.1. The molecule has 20 heteroatoms. The Morgan fingerprint density at radius 3 is 2.40 bits per heavy atom. The van der Waals surface area contributed by atoms with Crippen molar-refractivity contribution >= 4 is 23.3 Å². The van der Waals surface area contributed by atoms with Crippen molar-refractivity contribution in [3.8, 4) is 28.6 Å². The maximum absolute atomic E-state index is 14.3. The van der Waals surface area contributed by atoms with E-state index in [1.54, 1.807) is 36.9 Å². The number of hydrogen-bond donors (Lipinski definition) is 2. The number of hydrogen-bond acceptors (Lipinski definition) is 11. The Morgan fingerprint density at radius 2 is 1.72 bits per heavy atom. The van der Waals surface area contributed by atoms with Gasteiger partial charge in [0, 0.05) is 37.3 Å². The molecule has 2 aliphatic heterocycles. The van der Waals surface area contributed by atoms with E-state index < -0.39 is 66.2 Å². The Labute approximate surface area is 296 Å². The van der Waals surface area contributed by atoms with Crippen LogP contribution in [-0.4, -0.2) is 102 Å². The van der Waals surface area contributed by atoms with Gasteiger partial charge in [-0.3, -0.25) is 14.4 Å². The zero-order chi connectivity index (χ0) is 37.7. The van der Waals surface area contributed by atoms with Gasteiger partial charge < -0.3 is 34.3 Å². The maximum Gasteiger partial charge on any atom is 0.453 e. The molecule has 0 atom stereocenters. The molecule has 0 unspecified atom stereocenters. The minimum atomic E-state index is -5.70. The predicted molar refractivity (Wildman–Crippen MR) is 173 cm³/mol. The highest BCUT2D eigenvalue weighted by Gasteiger charge is 2.84. The third kappa shape index (κ3) is 5.23. The number of benzene rings is 1. The second-order valence-corrected chi connectivity index (χ2v) is 13.9. The van der Waals surface area contributed by atoms with Gasteiger partial charge in [0.2, 0.25) is 18.5 Å². The summed E-state index contributed by atoms with van der Waals surface area (Å²) in [7, 11) is 0. The molecule has 0 spiro atoms. The molecule has 53 heavy (non-hydrogen) atoms. The Bertz CT molecular complexity index is 2230. The fraction of sp³-hybridized carbons (Fsp3) is 0.485. The van der Waals surface area contributed by atoms with Crippen LogP contribution in [0.3, 0.4) is 0 Å². The number of halogens is 5. The van der Waals surface area contributed by atoms with Crippen molar-refractivity contribution in [1.29, 1.82) is 0 Å². The molecule has 1 aromatic carbocycles. The summed E-state index contributed by atoms with van der Waals surface area (Å²) in [5, 5.41) is 17.5. The van der Waals surface area contributed by atoms with Crippen LogP contribution in [0.25, 0.3) is 17.2 Å². The standard InChI is InChI=1S/C33H32F5N9O6/c1-3-19-24(44-6-8-45(9-7-44)27(50)23-25(49)17(2)39-15-40-23)28(51)47-29(41-26(43-47)18-4-5-20-21(10-18)53-16-52-20)46(19)11-22(48)42-31-12-30(13-31,14-31)32(34,35)33(36,37)38/h4-5,10,15,49H,3,6-9,11-14,16H2,1-2H3,(H,42,48). The van der Waals surface area contributed by atoms with Gasteiger partial charge in [-0.25, -0.2) is 9.97 Å². The Kier molecular flexibility index (Phi) is 7.64. The SMILES string of the molecule is CCc1c(N2CCN(C(=O)c3ncnc(C)c3O)CC2)c(=O)n2nc(-c3ccc4c(c3)OCO4)nc2n1CC(=O)NC12CC(C(F)(F)C(F)(F)F)(C1)C2. The van der Waals surface area contributed by atoms with Crippen molar-refractivity contribution in [2.45, 2.75) is 63.7 Å². The van der Waals surface area contributed by atoms with Crippen LogP contribution in [0.1, 0.15) is 48.1 Å². The Hall–Kier alpha value is -5.56. The normalized spacial score (nSPS) is 22.1. The largest absolute Gasteiger partial charge is 0.504 e. The average Bonchev–Trinajstić information content (AvgIpc) is 3.75. The van der Waals surface area contributed by atoms with Crippen LogP contribution in [0.4, 0.5) is 27.6 Å². The molecule has 2 N–H and O–H groups in total. The molecule has 2 bridgehead atoms. The van der Waals surface area contributed by atoms with Gasteiger partial charge in [0.1, 0.15) is 18.6 Å². The van der Waals surface area contributed by atoms with Gasteiger partial charge in [-0.2, -0.15) is 31.5 Å². The minimum Gasteiger partial charge on any atom is -0.504 e. The summed E-state index contributed by atoms with van der Waals surface area (Å²) < 4.78 is 81.3. The number of nitrogens with zero attached hydrogens (tertiary/aromatic N) is 8. The number of aromatic hydroxyl groups is 1. The number of fused-ring (bicyclic) bond motifs is 2. The summed E-state index contributed by atoms with van der Waals surface area (Å²) in [6, 6.07) is 4.98. The summed E-state index contributed by atoms with van der Waals surface area (Å²) in [4.78, 5) is 56.8. The molecule has 5 heterocycles. The molecule has 0 radical (unpaired) electrons. The molecular formula is C33H32F5N9O6. The van der Waals surface area contributed by atoms with E-state index in [1.165, 1.54) is 15.8 Å². The summed E-state index contributed by atoms with van der Waals surface area (Å²) in [6.45, 7) is 3.54. The van der Waals surface area contributed by atoms with Crippen LogP contribution in [0.5, 0.6) is 17.2 Å². The van der Waals surface area contributed by atoms with Gasteiger partial charge in [-0.1, -0.05) is 6.92 Å². The zero-order valence-electron chi connectivity index (χ0n) is 28.3. The number of alkyl halides is 5. The van der Waals surface area contributed by atoms with Crippen molar-refractivity contribution in [2.24, 2.45) is 5.41 Å². The van der Waals surface area contributed by atoms with Crippen molar-refractivity contribution in [1.82, 2.24) is 39.3 Å². The van der Waals surface area contributed by atoms with Crippen molar-refractivity contribution in [3.63, 3.8) is 0 Å². The predicted octanol–water partition coefficient (Wildman–Crippen LogP) is 2.85. The topological polar surface area (TPSA) is 169 Å². The lowest BCUT2D eigenvalue weighted by Gasteiger charge is -2.72. The first kappa shape index (κ1) is 34.5. The summed E-state index contributed by atoms with van der Waals surface area (Å²) in [5.41, 5.74) is -2.83. The number of rotatable bonds is 8. The average molecular weight is 746 g/mol. The van der Waals surface area contributed by atoms with Crippen molar-refractivity contribution < 1.29 is 46.1 Å². The quantitative estimate of drug-likeness (QED) is 0.255. The second kappa shape index (κ2) is 11.7. The summed E-state index contributed by atoms with van der Waals surface area (Å²) >= 11 is 0. The van der Waals surface area contributed by atoms with E-state index in [1.807, 2.05) is 0 Å². The molecule has 2 amide bonds. The maximum atomic E-state index is 14.3. The van der Waals surface area contributed by atoms with Crippen molar-refractivity contribution in [3.05, 3.63) is 52.0 Å². The molecule has 15 nitrogen and oxygen atoms in total. The fourth-order valence-electron chi connectivity index (χ4n) is 8.03. The Morgan fingerprint density at radius 1 is 1.02 bits per heavy atom. The summed E-state index contributed by atoms with van der Waals surface area (Å²) in [6.07, 6.45) is -5.84. The fourth-order valence-corrected chi connectivity index (χ4v) is 8.03. The van der Waals surface area contributed by atoms with E-state index in [4.69, 9.17) is 9.47 Å². The molecule has 4 fully saturated rings. The highest BCUT2D eigenvalue weighted by atomic mass is 19.4. The van der Waals surface area contributed by atoms with E-state index >= 15 is 0 Å². The molecule has 3 aromatic heterocycles. The lowest BCUT2D eigenvalue weighted by atomic mass is 9.37. The molecule has 280 valence electrons. The van der Waals surface area contributed by atoms with Gasteiger partial charge in [-0.15, -0.1) is 5.10 Å². The van der Waals surface area contributed by atoms with Crippen LogP contribution in [0.2, 0.25) is 0 Å². The van der Waals surface area contributed by atoms with Crippen molar-refractivity contribution in [2.75, 3.05) is 37.9 Å². The monoisotopic (exact) mass is 745 g/mol. The van der Waals surface area contributed by atoms with Crippen LogP contribution in [0, 0.1) is 12.3 Å². The molecule has 3 aliphatic carbocycles. The Balaban J connectivity index is 1.11. The number of aromatic nitrogens is 6. The van der Waals surface area contributed by atoms with Gasteiger partial charge in [-0.05, 0) is 50.8 Å². The molecule has 5 aliphatic rings. The minimum absolute atomic E-state index is 0.000456.